The molecule has 2 heterocycles. The van der Waals surface area contributed by atoms with Crippen molar-refractivity contribution in [2.45, 2.75) is 58.9 Å². The molecule has 0 unspecified atom stereocenters. The number of aromatic amines is 1. The molecule has 0 saturated heterocycles. The van der Waals surface area contributed by atoms with Gasteiger partial charge in [0.15, 0.2) is 0 Å². The van der Waals surface area contributed by atoms with Crippen molar-refractivity contribution in [1.82, 2.24) is 10.3 Å². The van der Waals surface area contributed by atoms with Crippen LogP contribution >= 0.6 is 0 Å². The summed E-state index contributed by atoms with van der Waals surface area (Å²) in [5.74, 6) is 3.41. The van der Waals surface area contributed by atoms with Gasteiger partial charge in [-0.15, -0.1) is 4.68 Å². The number of H-pyrrole nitrogens is 1. The van der Waals surface area contributed by atoms with Crippen LogP contribution in [-0.4, -0.2) is 16.2 Å². The Balaban J connectivity index is 1.30. The molecule has 6 nitrogen and oxygen atoms in total. The van der Waals surface area contributed by atoms with Gasteiger partial charge in [0.05, 0.1) is 22.9 Å². The second-order valence-corrected chi connectivity index (χ2v) is 8.94. The molecule has 2 aromatic rings. The number of nitrogens with zero attached hydrogens (tertiary/aromatic N) is 2. The van der Waals surface area contributed by atoms with Crippen molar-refractivity contribution in [1.29, 1.82) is 0 Å². The first kappa shape index (κ1) is 16.1. The van der Waals surface area contributed by atoms with Gasteiger partial charge in [-0.2, -0.15) is 5.10 Å². The largest absolute Gasteiger partial charge is 0.361 e. The maximum Gasteiger partial charge on any atom is 0.230 e. The van der Waals surface area contributed by atoms with Gasteiger partial charge in [0, 0.05) is 0 Å². The van der Waals surface area contributed by atoms with Crippen molar-refractivity contribution < 1.29 is 14.0 Å². The Morgan fingerprint density at radius 3 is 2.50 bits per heavy atom. The van der Waals surface area contributed by atoms with Crippen LogP contribution in [0.2, 0.25) is 0 Å². The Morgan fingerprint density at radius 2 is 1.92 bits per heavy atom. The predicted molar refractivity (Wildman–Crippen MR) is 95.3 cm³/mol. The summed E-state index contributed by atoms with van der Waals surface area (Å²) in [5, 5.41) is 10.4. The number of hydrogen-bond acceptors (Lipinski definition) is 3. The number of aryl methyl sites for hydroxylation is 2. The molecule has 4 fully saturated rings. The third kappa shape index (κ3) is 2.58. The highest BCUT2D eigenvalue weighted by molar-refractivity contribution is 5.95. The highest BCUT2D eigenvalue weighted by atomic mass is 16.5. The fourth-order valence-corrected chi connectivity index (χ4v) is 6.10. The van der Waals surface area contributed by atoms with Gasteiger partial charge in [-0.3, -0.25) is 4.79 Å². The molecule has 26 heavy (non-hydrogen) atoms. The second kappa shape index (κ2) is 5.69. The highest BCUT2D eigenvalue weighted by Gasteiger charge is 2.54. The maximum absolute atomic E-state index is 13.1. The molecule has 0 spiro atoms. The quantitative estimate of drug-likeness (QED) is 0.828. The van der Waals surface area contributed by atoms with E-state index < -0.39 is 0 Å². The molecule has 4 aliphatic carbocycles. The van der Waals surface area contributed by atoms with Gasteiger partial charge in [0.25, 0.3) is 0 Å². The van der Waals surface area contributed by atoms with Crippen LogP contribution in [0, 0.1) is 37.0 Å². The topological polar surface area (TPSA) is 74.8 Å². The molecule has 6 rings (SSSR count). The van der Waals surface area contributed by atoms with Crippen molar-refractivity contribution >= 4 is 11.6 Å². The molecule has 4 saturated carbocycles. The third-order valence-corrected chi connectivity index (χ3v) is 6.97. The van der Waals surface area contributed by atoms with E-state index in [1.807, 2.05) is 30.9 Å². The normalized spacial score (nSPS) is 32.2. The molecule has 138 valence electrons. The van der Waals surface area contributed by atoms with Gasteiger partial charge in [-0.05, 0) is 70.1 Å². The van der Waals surface area contributed by atoms with Gasteiger partial charge in [0.1, 0.15) is 11.4 Å². The minimum absolute atomic E-state index is 0.113. The lowest BCUT2D eigenvalue weighted by Crippen LogP contribution is -2.51. The first-order valence-corrected chi connectivity index (χ1v) is 9.82. The van der Waals surface area contributed by atoms with E-state index in [2.05, 4.69) is 15.6 Å². The molecule has 0 atom stereocenters. The first-order chi connectivity index (χ1) is 12.5. The summed E-state index contributed by atoms with van der Waals surface area (Å²) in [4.78, 5) is 13.1. The number of amides is 1. The van der Waals surface area contributed by atoms with Crippen molar-refractivity contribution in [3.8, 4) is 0 Å². The van der Waals surface area contributed by atoms with Gasteiger partial charge in [0.2, 0.25) is 18.6 Å². The number of anilines is 1. The number of carbonyl (C=O) groups is 1. The van der Waals surface area contributed by atoms with Crippen LogP contribution in [0.25, 0.3) is 0 Å². The average molecular weight is 355 g/mol. The van der Waals surface area contributed by atoms with Crippen molar-refractivity contribution in [2.24, 2.45) is 23.2 Å². The zero-order valence-electron chi connectivity index (χ0n) is 15.5. The Bertz CT molecular complexity index is 795. The van der Waals surface area contributed by atoms with Crippen molar-refractivity contribution in [2.75, 3.05) is 5.32 Å². The van der Waals surface area contributed by atoms with Crippen molar-refractivity contribution in [3.05, 3.63) is 29.4 Å². The molecule has 2 N–H and O–H groups in total. The monoisotopic (exact) mass is 355 g/mol. The van der Waals surface area contributed by atoms with Crippen LogP contribution in [-0.2, 0) is 11.3 Å². The number of hydrogen-bond donors (Lipinski definition) is 2. The molecular weight excluding hydrogens is 328 g/mol. The van der Waals surface area contributed by atoms with Crippen molar-refractivity contribution in [3.63, 3.8) is 0 Å². The van der Waals surface area contributed by atoms with Crippen LogP contribution in [0.15, 0.2) is 16.9 Å². The van der Waals surface area contributed by atoms with Gasteiger partial charge in [-0.1, -0.05) is 5.16 Å². The molecule has 2 aromatic heterocycles. The van der Waals surface area contributed by atoms with Crippen LogP contribution in [0.3, 0.4) is 0 Å². The number of carbonyl (C=O) groups excluding carboxylic acids is 1. The Labute approximate surface area is 153 Å². The third-order valence-electron chi connectivity index (χ3n) is 6.97. The van der Waals surface area contributed by atoms with E-state index in [1.165, 1.54) is 19.3 Å². The summed E-state index contributed by atoms with van der Waals surface area (Å²) in [5.41, 5.74) is 2.72. The smallest absolute Gasteiger partial charge is 0.230 e. The van der Waals surface area contributed by atoms with E-state index in [4.69, 9.17) is 4.52 Å². The summed E-state index contributed by atoms with van der Waals surface area (Å²) in [7, 11) is 0. The van der Waals surface area contributed by atoms with Crippen LogP contribution < -0.4 is 10.00 Å². The van der Waals surface area contributed by atoms with E-state index in [1.54, 1.807) is 0 Å². The standard InChI is InChI=1S/C20H26N4O2/c1-12-18(13(2)26-23-12)11-24-10-17(9-21-24)22-19(25)20-6-14-3-15(7-20)5-16(4-14)8-20/h9-10,14-16H,3-8,11H2,1-2H3,(H,22,25)/p+1. The molecule has 0 aliphatic heterocycles. The Kier molecular flexibility index (Phi) is 3.52. The molecule has 4 aliphatic rings. The van der Waals surface area contributed by atoms with Gasteiger partial charge >= 0.3 is 0 Å². The lowest BCUT2D eigenvalue weighted by molar-refractivity contribution is -0.742. The Morgan fingerprint density at radius 1 is 1.27 bits per heavy atom. The van der Waals surface area contributed by atoms with Gasteiger partial charge in [-0.25, -0.2) is 0 Å². The summed E-state index contributed by atoms with van der Waals surface area (Å²) < 4.78 is 7.19. The number of rotatable bonds is 4. The second-order valence-electron chi connectivity index (χ2n) is 8.94. The van der Waals surface area contributed by atoms with Crippen LogP contribution in [0.5, 0.6) is 0 Å². The van der Waals surface area contributed by atoms with Crippen LogP contribution in [0.1, 0.15) is 55.5 Å². The van der Waals surface area contributed by atoms with Crippen LogP contribution in [0.4, 0.5) is 5.69 Å². The zero-order valence-corrected chi connectivity index (χ0v) is 15.5. The zero-order chi connectivity index (χ0) is 17.9. The molecule has 0 aromatic carbocycles. The molecule has 0 radical (unpaired) electrons. The highest BCUT2D eigenvalue weighted by Crippen LogP contribution is 2.60. The lowest BCUT2D eigenvalue weighted by Gasteiger charge is -2.55. The van der Waals surface area contributed by atoms with E-state index in [-0.39, 0.29) is 11.3 Å². The molecular formula is C20H27N4O2+. The number of nitrogens with one attached hydrogen (secondary N) is 2. The number of aromatic nitrogens is 3. The predicted octanol–water partition coefficient (Wildman–Crippen LogP) is 3.11. The van der Waals surface area contributed by atoms with E-state index in [0.717, 1.165) is 59.7 Å². The Hall–Kier alpha value is -2.11. The molecule has 4 bridgehead atoms. The van der Waals surface area contributed by atoms with E-state index >= 15 is 0 Å². The average Bonchev–Trinajstić information content (AvgIpc) is 3.15. The van der Waals surface area contributed by atoms with E-state index in [0.29, 0.717) is 6.54 Å². The fourth-order valence-electron chi connectivity index (χ4n) is 6.10. The first-order valence-electron chi connectivity index (χ1n) is 9.82. The summed E-state index contributed by atoms with van der Waals surface area (Å²) >= 11 is 0. The summed E-state index contributed by atoms with van der Waals surface area (Å²) in [6.07, 6.45) is 11.2. The fraction of sp³-hybridized carbons (Fsp3) is 0.650. The minimum atomic E-state index is -0.113. The summed E-state index contributed by atoms with van der Waals surface area (Å²) in [6, 6.07) is 0. The minimum Gasteiger partial charge on any atom is -0.361 e. The molecule has 1 amide bonds. The summed E-state index contributed by atoms with van der Waals surface area (Å²) in [6.45, 7) is 4.54. The maximum atomic E-state index is 13.1. The van der Waals surface area contributed by atoms with Gasteiger partial charge < -0.3 is 9.84 Å². The lowest BCUT2D eigenvalue weighted by atomic mass is 9.49. The van der Waals surface area contributed by atoms with E-state index in [9.17, 15) is 4.79 Å². The SMILES string of the molecule is Cc1noc(C)c1C[n+]1cc(NC(=O)C23CC4CC(CC(C4)C2)C3)c[nH]1. The molecule has 6 heteroatoms.